The van der Waals surface area contributed by atoms with Crippen molar-refractivity contribution < 1.29 is 23.6 Å². The molecule has 144 valence electrons. The molecule has 3 heterocycles. The molecule has 1 atom stereocenters. The molecule has 9 heteroatoms. The second-order valence-electron chi connectivity index (χ2n) is 6.96. The number of carbonyl (C=O) groups excluding carboxylic acids is 2. The summed E-state index contributed by atoms with van der Waals surface area (Å²) in [4.78, 5) is 25.5. The fourth-order valence-corrected chi connectivity index (χ4v) is 3.56. The summed E-state index contributed by atoms with van der Waals surface area (Å²) in [6.07, 6.45) is 3.82. The number of ether oxygens (including phenoxy) is 2. The van der Waals surface area contributed by atoms with E-state index >= 15 is 0 Å². The molecule has 2 N–H and O–H groups in total. The smallest absolute Gasteiger partial charge is 0.314 e. The van der Waals surface area contributed by atoms with Crippen molar-refractivity contribution in [1.82, 2.24) is 20.7 Å². The zero-order valence-corrected chi connectivity index (χ0v) is 15.2. The largest absolute Gasteiger partial charge is 0.479 e. The summed E-state index contributed by atoms with van der Waals surface area (Å²) in [5, 5.41) is 9.00. The minimum atomic E-state index is -0.190. The van der Waals surface area contributed by atoms with E-state index in [-0.39, 0.29) is 29.2 Å². The van der Waals surface area contributed by atoms with Crippen LogP contribution in [0.25, 0.3) is 0 Å². The number of rotatable bonds is 4. The van der Waals surface area contributed by atoms with Crippen molar-refractivity contribution in [1.29, 1.82) is 0 Å². The van der Waals surface area contributed by atoms with Crippen molar-refractivity contribution in [2.75, 3.05) is 40.4 Å². The number of methoxy groups -OCH3 is 1. The van der Waals surface area contributed by atoms with Gasteiger partial charge >= 0.3 is 6.03 Å². The lowest BCUT2D eigenvalue weighted by molar-refractivity contribution is -0.0808. The van der Waals surface area contributed by atoms with Crippen LogP contribution < -0.4 is 15.4 Å². The van der Waals surface area contributed by atoms with Gasteiger partial charge in [0.25, 0.3) is 11.8 Å². The Morgan fingerprint density at radius 1 is 1.38 bits per heavy atom. The molecule has 26 heavy (non-hydrogen) atoms. The Hall–Kier alpha value is -2.29. The maximum absolute atomic E-state index is 12.5. The van der Waals surface area contributed by atoms with Gasteiger partial charge in [-0.25, -0.2) is 4.79 Å². The van der Waals surface area contributed by atoms with Crippen molar-refractivity contribution in [3.63, 3.8) is 0 Å². The third kappa shape index (κ3) is 4.09. The first kappa shape index (κ1) is 18.5. The van der Waals surface area contributed by atoms with Crippen LogP contribution in [0.2, 0.25) is 0 Å². The maximum Gasteiger partial charge on any atom is 0.314 e. The van der Waals surface area contributed by atoms with Gasteiger partial charge in [-0.2, -0.15) is 0 Å². The number of likely N-dealkylation sites (tertiary alicyclic amines) is 1. The lowest BCUT2D eigenvalue weighted by Crippen LogP contribution is -2.49. The summed E-state index contributed by atoms with van der Waals surface area (Å²) in [5.41, 5.74) is 0.124. The van der Waals surface area contributed by atoms with Gasteiger partial charge in [-0.05, 0) is 36.3 Å². The fraction of sp³-hybridized carbons (Fsp3) is 0.706. The number of hydrogen-bond acceptors (Lipinski definition) is 6. The summed E-state index contributed by atoms with van der Waals surface area (Å²) < 4.78 is 16.0. The fourth-order valence-electron chi connectivity index (χ4n) is 3.56. The number of hydrogen-bond donors (Lipinski definition) is 2. The van der Waals surface area contributed by atoms with Crippen LogP contribution in [-0.2, 0) is 4.74 Å². The van der Waals surface area contributed by atoms with Gasteiger partial charge in [0.2, 0.25) is 5.76 Å². The van der Waals surface area contributed by atoms with E-state index in [0.717, 1.165) is 25.7 Å². The minimum Gasteiger partial charge on any atom is -0.479 e. The number of amides is 3. The van der Waals surface area contributed by atoms with Gasteiger partial charge in [-0.3, -0.25) is 4.79 Å². The lowest BCUT2D eigenvalue weighted by atomic mass is 9.73. The van der Waals surface area contributed by atoms with E-state index in [9.17, 15) is 9.59 Å². The molecule has 2 aliphatic rings. The Kier molecular flexibility index (Phi) is 5.65. The van der Waals surface area contributed by atoms with E-state index in [0.29, 0.717) is 32.1 Å². The van der Waals surface area contributed by atoms with Crippen LogP contribution >= 0.6 is 0 Å². The first-order valence-electron chi connectivity index (χ1n) is 8.92. The van der Waals surface area contributed by atoms with Crippen LogP contribution in [-0.4, -0.2) is 68.5 Å². The monoisotopic (exact) mass is 366 g/mol. The molecule has 3 rings (SSSR count). The van der Waals surface area contributed by atoms with E-state index in [1.807, 2.05) is 0 Å². The maximum atomic E-state index is 12.5. The molecule has 1 unspecified atom stereocenters. The second-order valence-corrected chi connectivity index (χ2v) is 6.96. The number of nitrogens with one attached hydrogen (secondary N) is 2. The molecule has 0 aromatic carbocycles. The van der Waals surface area contributed by atoms with Crippen molar-refractivity contribution in [3.05, 3.63) is 11.8 Å². The number of urea groups is 1. The third-order valence-electron chi connectivity index (χ3n) is 5.36. The first-order chi connectivity index (χ1) is 12.5. The molecule has 3 amide bonds. The van der Waals surface area contributed by atoms with E-state index < -0.39 is 0 Å². The van der Waals surface area contributed by atoms with Crippen LogP contribution in [0.5, 0.6) is 5.88 Å². The predicted molar refractivity (Wildman–Crippen MR) is 92.1 cm³/mol. The van der Waals surface area contributed by atoms with E-state index in [1.54, 1.807) is 11.9 Å². The van der Waals surface area contributed by atoms with Gasteiger partial charge in [-0.15, -0.1) is 0 Å². The number of aromatic nitrogens is 1. The number of carbonyl (C=O) groups is 2. The molecule has 2 saturated heterocycles. The van der Waals surface area contributed by atoms with Gasteiger partial charge in [0.1, 0.15) is 0 Å². The molecule has 9 nitrogen and oxygen atoms in total. The molecule has 0 aliphatic carbocycles. The summed E-state index contributed by atoms with van der Waals surface area (Å²) in [7, 11) is 3.08. The van der Waals surface area contributed by atoms with Gasteiger partial charge in [0.15, 0.2) is 0 Å². The Bertz CT molecular complexity index is 629. The Labute approximate surface area is 152 Å². The SMILES string of the molecule is CNC(=O)NCC1CCC2(CCN(C(=O)c3cc(OC)no3)CC2)CO1. The molecule has 1 aromatic rings. The van der Waals surface area contributed by atoms with Crippen molar-refractivity contribution in [2.45, 2.75) is 31.8 Å². The minimum absolute atomic E-state index is 0.0549. The van der Waals surface area contributed by atoms with Gasteiger partial charge in [-0.1, -0.05) is 0 Å². The van der Waals surface area contributed by atoms with E-state index in [1.165, 1.54) is 13.2 Å². The molecule has 0 bridgehead atoms. The molecular formula is C17H26N4O5. The predicted octanol–water partition coefficient (Wildman–Crippen LogP) is 1.01. The highest BCUT2D eigenvalue weighted by Gasteiger charge is 2.40. The normalized spacial score (nSPS) is 22.1. The second kappa shape index (κ2) is 7.94. The van der Waals surface area contributed by atoms with Crippen LogP contribution in [0.4, 0.5) is 4.79 Å². The number of piperidine rings is 1. The van der Waals surface area contributed by atoms with E-state index in [2.05, 4.69) is 15.8 Å². The Balaban J connectivity index is 1.46. The van der Waals surface area contributed by atoms with Crippen LogP contribution in [0.1, 0.15) is 36.2 Å². The highest BCUT2D eigenvalue weighted by Crippen LogP contribution is 2.40. The van der Waals surface area contributed by atoms with E-state index in [4.69, 9.17) is 14.0 Å². The highest BCUT2D eigenvalue weighted by atomic mass is 16.5. The van der Waals surface area contributed by atoms with Crippen molar-refractivity contribution in [2.24, 2.45) is 5.41 Å². The topological polar surface area (TPSA) is 106 Å². The third-order valence-corrected chi connectivity index (χ3v) is 5.36. The molecule has 2 fully saturated rings. The summed E-state index contributed by atoms with van der Waals surface area (Å²) in [6, 6.07) is 1.32. The van der Waals surface area contributed by atoms with Gasteiger partial charge in [0.05, 0.1) is 25.9 Å². The molecule has 0 radical (unpaired) electrons. The molecule has 1 aromatic heterocycles. The average Bonchev–Trinajstić information content (AvgIpc) is 3.17. The van der Waals surface area contributed by atoms with Crippen LogP contribution in [0.15, 0.2) is 10.6 Å². The Morgan fingerprint density at radius 3 is 2.73 bits per heavy atom. The summed E-state index contributed by atoms with van der Waals surface area (Å²) in [5.74, 6) is 0.358. The molecular weight excluding hydrogens is 340 g/mol. The molecule has 0 saturated carbocycles. The zero-order valence-electron chi connectivity index (χ0n) is 15.2. The summed E-state index contributed by atoms with van der Waals surface area (Å²) >= 11 is 0. The standard InChI is InChI=1S/C17H26N4O5/c1-18-16(23)19-10-12-3-4-17(11-25-12)5-7-21(8-6-17)15(22)13-9-14(24-2)20-26-13/h9,12H,3-8,10-11H2,1-2H3,(H2,18,19,23). The highest BCUT2D eigenvalue weighted by molar-refractivity contribution is 5.91. The first-order valence-corrected chi connectivity index (χ1v) is 8.92. The van der Waals surface area contributed by atoms with Crippen LogP contribution in [0, 0.1) is 5.41 Å². The summed E-state index contributed by atoms with van der Waals surface area (Å²) in [6.45, 7) is 2.54. The quantitative estimate of drug-likeness (QED) is 0.824. The van der Waals surface area contributed by atoms with Crippen LogP contribution in [0.3, 0.4) is 0 Å². The Morgan fingerprint density at radius 2 is 2.15 bits per heavy atom. The van der Waals surface area contributed by atoms with Gasteiger partial charge < -0.3 is 29.5 Å². The van der Waals surface area contributed by atoms with Crippen molar-refractivity contribution in [3.8, 4) is 5.88 Å². The molecule has 1 spiro atoms. The zero-order chi connectivity index (χ0) is 18.6. The lowest BCUT2D eigenvalue weighted by Gasteiger charge is -2.45. The van der Waals surface area contributed by atoms with Crippen molar-refractivity contribution >= 4 is 11.9 Å². The van der Waals surface area contributed by atoms with Gasteiger partial charge in [0, 0.05) is 26.7 Å². The average molecular weight is 366 g/mol. The number of nitrogens with zero attached hydrogens (tertiary/aromatic N) is 2. The molecule has 2 aliphatic heterocycles.